The van der Waals surface area contributed by atoms with E-state index in [0.717, 1.165) is 12.8 Å². The standard InChI is InChI=1S/C9H15NO3/c11-5-8-7-3-1-2-6(7)4-10(8)9(12)13/h6-8,11H,1-5H2,(H,12,13)/t6-,7-,8+/m0/s1. The second-order valence-electron chi connectivity index (χ2n) is 4.04. The first-order chi connectivity index (χ1) is 6.24. The van der Waals surface area contributed by atoms with Gasteiger partial charge in [-0.15, -0.1) is 0 Å². The van der Waals surface area contributed by atoms with Crippen molar-refractivity contribution in [3.05, 3.63) is 0 Å². The fourth-order valence-electron chi connectivity index (χ4n) is 2.87. The number of hydrogen-bond donors (Lipinski definition) is 2. The van der Waals surface area contributed by atoms with E-state index in [9.17, 15) is 4.79 Å². The van der Waals surface area contributed by atoms with Crippen LogP contribution in [0.5, 0.6) is 0 Å². The van der Waals surface area contributed by atoms with Crippen LogP contribution in [0.2, 0.25) is 0 Å². The molecule has 0 spiro atoms. The molecule has 1 aliphatic carbocycles. The average molecular weight is 185 g/mol. The van der Waals surface area contributed by atoms with Crippen molar-refractivity contribution in [2.75, 3.05) is 13.2 Å². The average Bonchev–Trinajstić information content (AvgIpc) is 2.60. The van der Waals surface area contributed by atoms with E-state index in [-0.39, 0.29) is 12.6 Å². The third-order valence-electron chi connectivity index (χ3n) is 3.48. The lowest BCUT2D eigenvalue weighted by Crippen LogP contribution is -2.39. The summed E-state index contributed by atoms with van der Waals surface area (Å²) in [5, 5.41) is 18.0. The van der Waals surface area contributed by atoms with Gasteiger partial charge in [-0.1, -0.05) is 6.42 Å². The number of rotatable bonds is 1. The topological polar surface area (TPSA) is 60.8 Å². The van der Waals surface area contributed by atoms with Gasteiger partial charge in [0, 0.05) is 6.54 Å². The second kappa shape index (κ2) is 3.18. The molecule has 74 valence electrons. The van der Waals surface area contributed by atoms with Gasteiger partial charge in [0.2, 0.25) is 0 Å². The molecular formula is C9H15NO3. The fraction of sp³-hybridized carbons (Fsp3) is 0.889. The highest BCUT2D eigenvalue weighted by atomic mass is 16.4. The summed E-state index contributed by atoms with van der Waals surface area (Å²) in [5.41, 5.74) is 0. The molecule has 13 heavy (non-hydrogen) atoms. The minimum atomic E-state index is -0.881. The van der Waals surface area contributed by atoms with Gasteiger partial charge < -0.3 is 15.1 Å². The SMILES string of the molecule is O=C(O)N1C[C@@H]2CCC[C@@H]2[C@H]1CO. The minimum absolute atomic E-state index is 0.0204. The number of fused-ring (bicyclic) bond motifs is 1. The minimum Gasteiger partial charge on any atom is -0.465 e. The van der Waals surface area contributed by atoms with Crippen LogP contribution in [0.1, 0.15) is 19.3 Å². The maximum atomic E-state index is 10.8. The molecular weight excluding hydrogens is 170 g/mol. The Morgan fingerprint density at radius 2 is 2.23 bits per heavy atom. The second-order valence-corrected chi connectivity index (χ2v) is 4.04. The van der Waals surface area contributed by atoms with Crippen LogP contribution >= 0.6 is 0 Å². The van der Waals surface area contributed by atoms with Crippen LogP contribution in [0.4, 0.5) is 4.79 Å². The molecule has 3 atom stereocenters. The molecule has 0 aromatic heterocycles. The first kappa shape index (κ1) is 8.81. The van der Waals surface area contributed by atoms with Gasteiger partial charge in [-0.05, 0) is 24.7 Å². The fourth-order valence-corrected chi connectivity index (χ4v) is 2.87. The first-order valence-corrected chi connectivity index (χ1v) is 4.84. The zero-order chi connectivity index (χ0) is 9.42. The Labute approximate surface area is 77.2 Å². The van der Waals surface area contributed by atoms with Gasteiger partial charge in [-0.3, -0.25) is 0 Å². The molecule has 1 amide bonds. The highest BCUT2D eigenvalue weighted by Gasteiger charge is 2.45. The first-order valence-electron chi connectivity index (χ1n) is 4.84. The molecule has 1 aliphatic heterocycles. The van der Waals surface area contributed by atoms with Crippen LogP contribution in [0.25, 0.3) is 0 Å². The lowest BCUT2D eigenvalue weighted by Gasteiger charge is -2.22. The third-order valence-corrected chi connectivity index (χ3v) is 3.48. The number of aliphatic hydroxyl groups is 1. The lowest BCUT2D eigenvalue weighted by atomic mass is 9.95. The summed E-state index contributed by atoms with van der Waals surface area (Å²) in [4.78, 5) is 12.2. The van der Waals surface area contributed by atoms with Gasteiger partial charge in [0.25, 0.3) is 0 Å². The van der Waals surface area contributed by atoms with Crippen molar-refractivity contribution < 1.29 is 15.0 Å². The number of likely N-dealkylation sites (tertiary alicyclic amines) is 1. The van der Waals surface area contributed by atoms with Crippen molar-refractivity contribution in [3.63, 3.8) is 0 Å². The molecule has 2 rings (SSSR count). The summed E-state index contributed by atoms with van der Waals surface area (Å²) in [6, 6.07) is -0.134. The van der Waals surface area contributed by atoms with Crippen LogP contribution in [0.15, 0.2) is 0 Å². The zero-order valence-corrected chi connectivity index (χ0v) is 7.52. The molecule has 4 nitrogen and oxygen atoms in total. The van der Waals surface area contributed by atoms with E-state index in [1.807, 2.05) is 0 Å². The van der Waals surface area contributed by atoms with E-state index < -0.39 is 6.09 Å². The van der Waals surface area contributed by atoms with Crippen LogP contribution in [0, 0.1) is 11.8 Å². The van der Waals surface area contributed by atoms with Crippen molar-refractivity contribution >= 4 is 6.09 Å². The number of hydrogen-bond acceptors (Lipinski definition) is 2. The molecule has 0 unspecified atom stereocenters. The molecule has 2 aliphatic rings. The molecule has 1 saturated carbocycles. The number of carboxylic acid groups (broad SMARTS) is 1. The molecule has 0 radical (unpaired) electrons. The van der Waals surface area contributed by atoms with Crippen molar-refractivity contribution in [1.29, 1.82) is 0 Å². The maximum absolute atomic E-state index is 10.8. The molecule has 2 fully saturated rings. The number of nitrogens with zero attached hydrogens (tertiary/aromatic N) is 1. The summed E-state index contributed by atoms with van der Waals surface area (Å²) in [7, 11) is 0. The van der Waals surface area contributed by atoms with Gasteiger partial charge >= 0.3 is 6.09 Å². The molecule has 2 N–H and O–H groups in total. The van der Waals surface area contributed by atoms with Crippen LogP contribution in [-0.2, 0) is 0 Å². The Balaban J connectivity index is 2.12. The maximum Gasteiger partial charge on any atom is 0.407 e. The van der Waals surface area contributed by atoms with E-state index in [4.69, 9.17) is 10.2 Å². The molecule has 0 aromatic rings. The summed E-state index contributed by atoms with van der Waals surface area (Å²) in [6.07, 6.45) is 2.53. The normalized spacial score (nSPS) is 37.9. The van der Waals surface area contributed by atoms with Gasteiger partial charge in [0.15, 0.2) is 0 Å². The number of amides is 1. The molecule has 1 heterocycles. The van der Waals surface area contributed by atoms with Gasteiger partial charge in [0.05, 0.1) is 12.6 Å². The lowest BCUT2D eigenvalue weighted by molar-refractivity contribution is 0.106. The monoisotopic (exact) mass is 185 g/mol. The van der Waals surface area contributed by atoms with Crippen molar-refractivity contribution in [3.8, 4) is 0 Å². The van der Waals surface area contributed by atoms with E-state index in [1.54, 1.807) is 0 Å². The third kappa shape index (κ3) is 1.29. The highest BCUT2D eigenvalue weighted by molar-refractivity contribution is 5.66. The van der Waals surface area contributed by atoms with Crippen molar-refractivity contribution in [1.82, 2.24) is 4.90 Å². The smallest absolute Gasteiger partial charge is 0.407 e. The van der Waals surface area contributed by atoms with Gasteiger partial charge in [-0.2, -0.15) is 0 Å². The Morgan fingerprint density at radius 3 is 2.85 bits per heavy atom. The Hall–Kier alpha value is -0.770. The number of aliphatic hydroxyl groups excluding tert-OH is 1. The summed E-state index contributed by atoms with van der Waals surface area (Å²) >= 11 is 0. The summed E-state index contributed by atoms with van der Waals surface area (Å²) in [6.45, 7) is 0.610. The predicted molar refractivity (Wildman–Crippen MR) is 46.4 cm³/mol. The van der Waals surface area contributed by atoms with Crippen LogP contribution in [-0.4, -0.2) is 40.4 Å². The molecule has 0 aromatic carbocycles. The van der Waals surface area contributed by atoms with Crippen LogP contribution < -0.4 is 0 Å². The summed E-state index contributed by atoms with van der Waals surface area (Å²) in [5.74, 6) is 0.925. The Morgan fingerprint density at radius 1 is 1.46 bits per heavy atom. The van der Waals surface area contributed by atoms with Crippen molar-refractivity contribution in [2.45, 2.75) is 25.3 Å². The molecule has 4 heteroatoms. The largest absolute Gasteiger partial charge is 0.465 e. The Bertz CT molecular complexity index is 219. The van der Waals surface area contributed by atoms with Gasteiger partial charge in [-0.25, -0.2) is 4.79 Å². The highest BCUT2D eigenvalue weighted by Crippen LogP contribution is 2.41. The summed E-state index contributed by atoms with van der Waals surface area (Å²) < 4.78 is 0. The zero-order valence-electron chi connectivity index (χ0n) is 7.52. The van der Waals surface area contributed by atoms with E-state index >= 15 is 0 Å². The number of carbonyl (C=O) groups is 1. The van der Waals surface area contributed by atoms with Crippen LogP contribution in [0.3, 0.4) is 0 Å². The van der Waals surface area contributed by atoms with Crippen molar-refractivity contribution in [2.24, 2.45) is 11.8 Å². The Kier molecular flexibility index (Phi) is 2.15. The molecule has 0 bridgehead atoms. The van der Waals surface area contributed by atoms with Gasteiger partial charge in [0.1, 0.15) is 0 Å². The van der Waals surface area contributed by atoms with E-state index in [1.165, 1.54) is 11.3 Å². The van der Waals surface area contributed by atoms with E-state index in [2.05, 4.69) is 0 Å². The quantitative estimate of drug-likeness (QED) is 0.634. The molecule has 1 saturated heterocycles. The predicted octanol–water partition coefficient (Wildman–Crippen LogP) is 0.757. The van der Waals surface area contributed by atoms with E-state index in [0.29, 0.717) is 18.4 Å².